The van der Waals surface area contributed by atoms with Crippen molar-refractivity contribution in [3.63, 3.8) is 0 Å². The van der Waals surface area contributed by atoms with E-state index in [0.717, 1.165) is 6.42 Å². The Morgan fingerprint density at radius 3 is 3.00 bits per heavy atom. The molecular weight excluding hydrogens is 223 g/mol. The van der Waals surface area contributed by atoms with Crippen molar-refractivity contribution in [3.8, 4) is 0 Å². The standard InChI is InChI=1S/C8H9I/c1-2-7-4-3-5-8(9)6-7/h2-4,6,8H,1,5H2. The van der Waals surface area contributed by atoms with E-state index in [1.54, 1.807) is 0 Å². The van der Waals surface area contributed by atoms with Crippen LogP contribution in [0.25, 0.3) is 0 Å². The molecule has 0 aromatic carbocycles. The van der Waals surface area contributed by atoms with E-state index >= 15 is 0 Å². The molecule has 0 saturated carbocycles. The zero-order chi connectivity index (χ0) is 6.69. The SMILES string of the molecule is C=CC1=CC(I)CC=C1. The van der Waals surface area contributed by atoms with Crippen LogP contribution in [0.1, 0.15) is 6.42 Å². The zero-order valence-electron chi connectivity index (χ0n) is 5.18. The summed E-state index contributed by atoms with van der Waals surface area (Å²) in [7, 11) is 0. The summed E-state index contributed by atoms with van der Waals surface area (Å²) in [5.74, 6) is 0. The maximum atomic E-state index is 3.70. The van der Waals surface area contributed by atoms with Crippen LogP contribution in [0.5, 0.6) is 0 Å². The van der Waals surface area contributed by atoms with E-state index in [4.69, 9.17) is 0 Å². The van der Waals surface area contributed by atoms with Crippen LogP contribution >= 0.6 is 22.6 Å². The molecule has 0 bridgehead atoms. The molecule has 0 nitrogen and oxygen atoms in total. The first-order valence-corrected chi connectivity index (χ1v) is 4.22. The zero-order valence-corrected chi connectivity index (χ0v) is 7.34. The fourth-order valence-corrected chi connectivity index (χ4v) is 1.51. The highest BCUT2D eigenvalue weighted by Crippen LogP contribution is 2.17. The average molecular weight is 232 g/mol. The van der Waals surface area contributed by atoms with Gasteiger partial charge in [0, 0.05) is 3.92 Å². The van der Waals surface area contributed by atoms with Gasteiger partial charge < -0.3 is 0 Å². The summed E-state index contributed by atoms with van der Waals surface area (Å²) < 4.78 is 0.667. The quantitative estimate of drug-likeness (QED) is 0.481. The van der Waals surface area contributed by atoms with Crippen LogP contribution in [0, 0.1) is 0 Å². The molecule has 1 rings (SSSR count). The molecule has 0 radical (unpaired) electrons. The molecule has 0 N–H and O–H groups in total. The molecule has 1 aliphatic carbocycles. The lowest BCUT2D eigenvalue weighted by Gasteiger charge is -2.06. The molecule has 0 amide bonds. The van der Waals surface area contributed by atoms with Crippen molar-refractivity contribution in [1.82, 2.24) is 0 Å². The monoisotopic (exact) mass is 232 g/mol. The van der Waals surface area contributed by atoms with E-state index in [1.807, 2.05) is 6.08 Å². The van der Waals surface area contributed by atoms with Crippen molar-refractivity contribution in [2.45, 2.75) is 10.3 Å². The molecular formula is C8H9I. The number of alkyl halides is 1. The van der Waals surface area contributed by atoms with Crippen molar-refractivity contribution >= 4 is 22.6 Å². The number of hydrogen-bond donors (Lipinski definition) is 0. The summed E-state index contributed by atoms with van der Waals surface area (Å²) in [6.07, 6.45) is 9.59. The molecule has 0 aromatic rings. The molecule has 0 heterocycles. The highest BCUT2D eigenvalue weighted by Gasteiger charge is 2.01. The molecule has 0 saturated heterocycles. The Bertz CT molecular complexity index is 165. The molecule has 0 aromatic heterocycles. The number of halogens is 1. The van der Waals surface area contributed by atoms with Crippen LogP contribution in [0.4, 0.5) is 0 Å². The second kappa shape index (κ2) is 3.20. The van der Waals surface area contributed by atoms with Gasteiger partial charge in [-0.2, -0.15) is 0 Å². The van der Waals surface area contributed by atoms with Crippen LogP contribution in [0.2, 0.25) is 0 Å². The predicted molar refractivity (Wildman–Crippen MR) is 49.8 cm³/mol. The van der Waals surface area contributed by atoms with Crippen molar-refractivity contribution in [1.29, 1.82) is 0 Å². The minimum absolute atomic E-state index is 0.667. The van der Waals surface area contributed by atoms with Crippen LogP contribution in [0.15, 0.2) is 36.5 Å². The second-order valence-corrected chi connectivity index (χ2v) is 3.62. The van der Waals surface area contributed by atoms with E-state index in [9.17, 15) is 0 Å². The highest BCUT2D eigenvalue weighted by atomic mass is 127. The Morgan fingerprint density at radius 1 is 1.78 bits per heavy atom. The van der Waals surface area contributed by atoms with Crippen molar-refractivity contribution < 1.29 is 0 Å². The van der Waals surface area contributed by atoms with Gasteiger partial charge in [0.15, 0.2) is 0 Å². The summed E-state index contributed by atoms with van der Waals surface area (Å²) in [6.45, 7) is 3.70. The third kappa shape index (κ3) is 1.97. The van der Waals surface area contributed by atoms with Gasteiger partial charge in [-0.3, -0.25) is 0 Å². The van der Waals surface area contributed by atoms with E-state index in [-0.39, 0.29) is 0 Å². The summed E-state index contributed by atoms with van der Waals surface area (Å²) in [5.41, 5.74) is 1.25. The fourth-order valence-electron chi connectivity index (χ4n) is 0.803. The molecule has 0 aliphatic heterocycles. The van der Waals surface area contributed by atoms with Crippen LogP contribution in [0.3, 0.4) is 0 Å². The van der Waals surface area contributed by atoms with Crippen LogP contribution < -0.4 is 0 Å². The molecule has 1 unspecified atom stereocenters. The molecule has 9 heavy (non-hydrogen) atoms. The van der Waals surface area contributed by atoms with Crippen LogP contribution in [-0.4, -0.2) is 3.92 Å². The average Bonchev–Trinajstić information content (AvgIpc) is 1.88. The third-order valence-electron chi connectivity index (χ3n) is 1.28. The van der Waals surface area contributed by atoms with Gasteiger partial charge in [-0.1, -0.05) is 53.5 Å². The van der Waals surface area contributed by atoms with Gasteiger partial charge in [0.1, 0.15) is 0 Å². The number of hydrogen-bond acceptors (Lipinski definition) is 0. The number of rotatable bonds is 1. The topological polar surface area (TPSA) is 0 Å². The van der Waals surface area contributed by atoms with E-state index in [2.05, 4.69) is 47.4 Å². The normalized spacial score (nSPS) is 25.4. The summed E-state index contributed by atoms with van der Waals surface area (Å²) >= 11 is 2.42. The van der Waals surface area contributed by atoms with E-state index < -0.39 is 0 Å². The Hall–Kier alpha value is -0.0500. The summed E-state index contributed by atoms with van der Waals surface area (Å²) in [6, 6.07) is 0. The first-order chi connectivity index (χ1) is 4.33. The van der Waals surface area contributed by atoms with Gasteiger partial charge in [-0.05, 0) is 12.0 Å². The van der Waals surface area contributed by atoms with E-state index in [1.165, 1.54) is 5.57 Å². The third-order valence-corrected chi connectivity index (χ3v) is 2.15. The molecule has 48 valence electrons. The molecule has 0 spiro atoms. The van der Waals surface area contributed by atoms with Gasteiger partial charge in [0.05, 0.1) is 0 Å². The van der Waals surface area contributed by atoms with Gasteiger partial charge in [-0.15, -0.1) is 0 Å². The second-order valence-electron chi connectivity index (χ2n) is 2.02. The number of allylic oxidation sites excluding steroid dienone is 5. The van der Waals surface area contributed by atoms with Gasteiger partial charge in [0.25, 0.3) is 0 Å². The minimum atomic E-state index is 0.667. The minimum Gasteiger partial charge on any atom is -0.0985 e. The lowest BCUT2D eigenvalue weighted by atomic mass is 10.1. The molecule has 0 fully saturated rings. The lowest BCUT2D eigenvalue weighted by Crippen LogP contribution is -1.94. The van der Waals surface area contributed by atoms with Crippen molar-refractivity contribution in [2.24, 2.45) is 0 Å². The molecule has 1 atom stereocenters. The first kappa shape index (κ1) is 7.06. The van der Waals surface area contributed by atoms with Crippen LogP contribution in [-0.2, 0) is 0 Å². The Balaban J connectivity index is 2.70. The van der Waals surface area contributed by atoms with Gasteiger partial charge in [-0.25, -0.2) is 0 Å². The Kier molecular flexibility index (Phi) is 2.51. The Labute approximate surface area is 69.5 Å². The molecule has 1 aliphatic rings. The fraction of sp³-hybridized carbons (Fsp3) is 0.250. The smallest absolute Gasteiger partial charge is 0.0332 e. The van der Waals surface area contributed by atoms with Gasteiger partial charge >= 0.3 is 0 Å². The largest absolute Gasteiger partial charge is 0.0985 e. The maximum absolute atomic E-state index is 3.70. The van der Waals surface area contributed by atoms with E-state index in [0.29, 0.717) is 3.92 Å². The highest BCUT2D eigenvalue weighted by molar-refractivity contribution is 14.1. The summed E-state index contributed by atoms with van der Waals surface area (Å²) in [5, 5.41) is 0. The molecule has 1 heteroatoms. The Morgan fingerprint density at radius 2 is 2.56 bits per heavy atom. The predicted octanol–water partition coefficient (Wildman–Crippen LogP) is 2.86. The maximum Gasteiger partial charge on any atom is 0.0332 e. The van der Waals surface area contributed by atoms with Gasteiger partial charge in [0.2, 0.25) is 0 Å². The summed E-state index contributed by atoms with van der Waals surface area (Å²) in [4.78, 5) is 0. The lowest BCUT2D eigenvalue weighted by molar-refractivity contribution is 1.08. The first-order valence-electron chi connectivity index (χ1n) is 2.98. The van der Waals surface area contributed by atoms with Crippen molar-refractivity contribution in [2.75, 3.05) is 0 Å². The van der Waals surface area contributed by atoms with Crippen molar-refractivity contribution in [3.05, 3.63) is 36.5 Å².